The molecule has 1 heterocycles. The van der Waals surface area contributed by atoms with E-state index in [1.165, 1.54) is 29.3 Å². The van der Waals surface area contributed by atoms with Gasteiger partial charge in [0.25, 0.3) is 5.91 Å². The first-order valence-electron chi connectivity index (χ1n) is 9.75. The lowest BCUT2D eigenvalue weighted by molar-refractivity contribution is -0.0514. The number of piperazine rings is 1. The Balaban J connectivity index is 1.62. The van der Waals surface area contributed by atoms with Crippen molar-refractivity contribution in [2.24, 2.45) is 0 Å². The van der Waals surface area contributed by atoms with Gasteiger partial charge in [0.05, 0.1) is 6.61 Å². The fourth-order valence-electron chi connectivity index (χ4n) is 3.46. The highest BCUT2D eigenvalue weighted by Gasteiger charge is 2.23. The zero-order valence-corrected chi connectivity index (χ0v) is 16.7. The number of carbonyl (C=O) groups is 1. The van der Waals surface area contributed by atoms with Crippen LogP contribution in [0.3, 0.4) is 0 Å². The largest absolute Gasteiger partial charge is 0.490 e. The van der Waals surface area contributed by atoms with Gasteiger partial charge in [-0.25, -0.2) is 0 Å². The van der Waals surface area contributed by atoms with Gasteiger partial charge in [0, 0.05) is 38.3 Å². The van der Waals surface area contributed by atoms with Crippen LogP contribution in [0.5, 0.6) is 11.5 Å². The van der Waals surface area contributed by atoms with Gasteiger partial charge >= 0.3 is 6.61 Å². The van der Waals surface area contributed by atoms with E-state index in [2.05, 4.69) is 40.8 Å². The number of nitrogens with zero attached hydrogens (tertiary/aromatic N) is 2. The van der Waals surface area contributed by atoms with Gasteiger partial charge in [-0.3, -0.25) is 9.69 Å². The standard InChI is InChI=1S/C22H26F2N2O3/c1-3-28-20-14-18(7-8-19(20)29-22(23)24)21(27)26-11-9-25(10-12-26)15-17-6-4-5-16(2)13-17/h4-8,13-14,22H,3,9-12,15H2,1-2H3. The zero-order valence-electron chi connectivity index (χ0n) is 16.7. The van der Waals surface area contributed by atoms with Gasteiger partial charge in [0.2, 0.25) is 0 Å². The topological polar surface area (TPSA) is 42.0 Å². The van der Waals surface area contributed by atoms with Crippen LogP contribution in [0.2, 0.25) is 0 Å². The Bertz CT molecular complexity index is 837. The van der Waals surface area contributed by atoms with Crippen LogP contribution < -0.4 is 9.47 Å². The molecule has 0 aliphatic carbocycles. The van der Waals surface area contributed by atoms with Crippen molar-refractivity contribution in [1.82, 2.24) is 9.80 Å². The third-order valence-electron chi connectivity index (χ3n) is 4.85. The van der Waals surface area contributed by atoms with Crippen molar-refractivity contribution in [3.63, 3.8) is 0 Å². The number of ether oxygens (including phenoxy) is 2. The lowest BCUT2D eigenvalue weighted by atomic mass is 10.1. The number of benzene rings is 2. The van der Waals surface area contributed by atoms with Crippen molar-refractivity contribution in [3.05, 3.63) is 59.2 Å². The monoisotopic (exact) mass is 404 g/mol. The van der Waals surface area contributed by atoms with Crippen LogP contribution in [0.4, 0.5) is 8.78 Å². The van der Waals surface area contributed by atoms with Gasteiger partial charge in [-0.2, -0.15) is 8.78 Å². The van der Waals surface area contributed by atoms with Crippen LogP contribution >= 0.6 is 0 Å². The Morgan fingerprint density at radius 2 is 1.83 bits per heavy atom. The second-order valence-corrected chi connectivity index (χ2v) is 7.03. The smallest absolute Gasteiger partial charge is 0.387 e. The molecule has 1 amide bonds. The van der Waals surface area contributed by atoms with E-state index in [-0.39, 0.29) is 24.0 Å². The molecule has 0 atom stereocenters. The number of hydrogen-bond donors (Lipinski definition) is 0. The minimum atomic E-state index is -2.95. The van der Waals surface area contributed by atoms with Gasteiger partial charge in [-0.05, 0) is 37.6 Å². The second kappa shape index (κ2) is 9.69. The molecular formula is C22H26F2N2O3. The van der Waals surface area contributed by atoms with Crippen LogP contribution in [0, 0.1) is 6.92 Å². The maximum Gasteiger partial charge on any atom is 0.387 e. The quantitative estimate of drug-likeness (QED) is 0.701. The van der Waals surface area contributed by atoms with Crippen molar-refractivity contribution in [1.29, 1.82) is 0 Å². The predicted molar refractivity (Wildman–Crippen MR) is 107 cm³/mol. The summed E-state index contributed by atoms with van der Waals surface area (Å²) in [7, 11) is 0. The molecule has 2 aromatic carbocycles. The molecule has 5 nitrogen and oxygen atoms in total. The summed E-state index contributed by atoms with van der Waals surface area (Å²) in [5.74, 6) is -0.0529. The molecule has 1 aliphatic rings. The van der Waals surface area contributed by atoms with E-state index in [1.54, 1.807) is 11.8 Å². The first-order valence-corrected chi connectivity index (χ1v) is 9.75. The molecule has 0 saturated carbocycles. The molecule has 156 valence electrons. The van der Waals surface area contributed by atoms with Crippen molar-refractivity contribution < 1.29 is 23.0 Å². The summed E-state index contributed by atoms with van der Waals surface area (Å²) in [5.41, 5.74) is 2.91. The average molecular weight is 404 g/mol. The van der Waals surface area contributed by atoms with E-state index < -0.39 is 6.61 Å². The molecule has 0 N–H and O–H groups in total. The highest BCUT2D eigenvalue weighted by molar-refractivity contribution is 5.95. The molecule has 7 heteroatoms. The molecule has 0 unspecified atom stereocenters. The first-order chi connectivity index (χ1) is 14.0. The minimum Gasteiger partial charge on any atom is -0.490 e. The molecule has 0 radical (unpaired) electrons. The maximum absolute atomic E-state index is 12.9. The fourth-order valence-corrected chi connectivity index (χ4v) is 3.46. The SMILES string of the molecule is CCOc1cc(C(=O)N2CCN(Cc3cccc(C)c3)CC2)ccc1OC(F)F. The summed E-state index contributed by atoms with van der Waals surface area (Å²) in [4.78, 5) is 17.0. The zero-order chi connectivity index (χ0) is 20.8. The summed E-state index contributed by atoms with van der Waals surface area (Å²) in [6, 6.07) is 12.8. The van der Waals surface area contributed by atoms with E-state index in [9.17, 15) is 13.6 Å². The number of carbonyl (C=O) groups excluding carboxylic acids is 1. The van der Waals surface area contributed by atoms with E-state index in [0.717, 1.165) is 19.6 Å². The lowest BCUT2D eigenvalue weighted by Crippen LogP contribution is -2.48. The van der Waals surface area contributed by atoms with E-state index in [1.807, 2.05) is 0 Å². The summed E-state index contributed by atoms with van der Waals surface area (Å²) in [5, 5.41) is 0. The molecule has 29 heavy (non-hydrogen) atoms. The Hall–Kier alpha value is -2.67. The summed E-state index contributed by atoms with van der Waals surface area (Å²) in [6.45, 7) is 4.81. The molecule has 1 saturated heterocycles. The maximum atomic E-state index is 12.9. The summed E-state index contributed by atoms with van der Waals surface area (Å²) < 4.78 is 34.9. The summed E-state index contributed by atoms with van der Waals surface area (Å²) in [6.07, 6.45) is 0. The Morgan fingerprint density at radius 1 is 1.07 bits per heavy atom. The number of alkyl halides is 2. The minimum absolute atomic E-state index is 0.0682. The van der Waals surface area contributed by atoms with Gasteiger partial charge < -0.3 is 14.4 Å². The van der Waals surface area contributed by atoms with Crippen LogP contribution in [0.15, 0.2) is 42.5 Å². The highest BCUT2D eigenvalue weighted by atomic mass is 19.3. The molecule has 3 rings (SSSR count). The molecular weight excluding hydrogens is 378 g/mol. The molecule has 2 aromatic rings. The van der Waals surface area contributed by atoms with Crippen molar-refractivity contribution in [2.75, 3.05) is 32.8 Å². The van der Waals surface area contributed by atoms with Crippen LogP contribution in [-0.2, 0) is 6.54 Å². The van der Waals surface area contributed by atoms with E-state index in [0.29, 0.717) is 18.7 Å². The number of rotatable bonds is 7. The molecule has 0 spiro atoms. The van der Waals surface area contributed by atoms with Crippen LogP contribution in [0.25, 0.3) is 0 Å². The Kier molecular flexibility index (Phi) is 7.04. The van der Waals surface area contributed by atoms with E-state index in [4.69, 9.17) is 4.74 Å². The van der Waals surface area contributed by atoms with Crippen molar-refractivity contribution in [2.45, 2.75) is 27.0 Å². The van der Waals surface area contributed by atoms with Crippen molar-refractivity contribution >= 4 is 5.91 Å². The van der Waals surface area contributed by atoms with Gasteiger partial charge in [0.1, 0.15) is 0 Å². The number of aryl methyl sites for hydroxylation is 1. The normalized spacial score (nSPS) is 14.9. The third-order valence-corrected chi connectivity index (χ3v) is 4.85. The predicted octanol–water partition coefficient (Wildman–Crippen LogP) is 3.95. The number of amides is 1. The van der Waals surface area contributed by atoms with E-state index >= 15 is 0 Å². The Labute approximate surface area is 169 Å². The van der Waals surface area contributed by atoms with Gasteiger partial charge in [-0.1, -0.05) is 29.8 Å². The fraction of sp³-hybridized carbons (Fsp3) is 0.409. The van der Waals surface area contributed by atoms with Crippen LogP contribution in [0.1, 0.15) is 28.4 Å². The Morgan fingerprint density at radius 3 is 2.48 bits per heavy atom. The second-order valence-electron chi connectivity index (χ2n) is 7.03. The lowest BCUT2D eigenvalue weighted by Gasteiger charge is -2.35. The molecule has 0 bridgehead atoms. The van der Waals surface area contributed by atoms with Crippen molar-refractivity contribution in [3.8, 4) is 11.5 Å². The average Bonchev–Trinajstić information content (AvgIpc) is 2.69. The van der Waals surface area contributed by atoms with Gasteiger partial charge in [-0.15, -0.1) is 0 Å². The molecule has 1 fully saturated rings. The van der Waals surface area contributed by atoms with Crippen LogP contribution in [-0.4, -0.2) is 55.1 Å². The highest BCUT2D eigenvalue weighted by Crippen LogP contribution is 2.30. The number of halogens is 2. The first kappa shape index (κ1) is 21.0. The number of hydrogen-bond acceptors (Lipinski definition) is 4. The van der Waals surface area contributed by atoms with Gasteiger partial charge in [0.15, 0.2) is 11.5 Å². The third kappa shape index (κ3) is 5.67. The molecule has 0 aromatic heterocycles. The summed E-state index contributed by atoms with van der Waals surface area (Å²) >= 11 is 0. The molecule has 1 aliphatic heterocycles.